The minimum Gasteiger partial charge on any atom is -0.476 e. The van der Waals surface area contributed by atoms with Crippen LogP contribution in [0.4, 0.5) is 5.69 Å². The molecule has 6 nitrogen and oxygen atoms in total. The van der Waals surface area contributed by atoms with Crippen LogP contribution in [0, 0.1) is 13.8 Å². The summed E-state index contributed by atoms with van der Waals surface area (Å²) in [7, 11) is 0. The Balaban J connectivity index is 1.48. The van der Waals surface area contributed by atoms with Crippen molar-refractivity contribution in [1.82, 2.24) is 0 Å². The summed E-state index contributed by atoms with van der Waals surface area (Å²) in [5.74, 6) is 0.0421. The Morgan fingerprint density at radius 3 is 2.55 bits per heavy atom. The Hall–Kier alpha value is -4.32. The van der Waals surface area contributed by atoms with Crippen molar-refractivity contribution in [3.05, 3.63) is 94.3 Å². The standard InChI is InChI=1S/C27H21NO5/c1-16-13-20-23(14-17(16)2)33-26(22-11-6-12-31-22)27(25(20)30)32-15-24(29)28-21-10-5-8-18-7-3-4-9-19(18)21/h3-14H,15H2,1-2H3,(H,28,29). The number of benzene rings is 3. The highest BCUT2D eigenvalue weighted by molar-refractivity contribution is 6.02. The predicted molar refractivity (Wildman–Crippen MR) is 128 cm³/mol. The molecule has 0 saturated carbocycles. The fourth-order valence-electron chi connectivity index (χ4n) is 3.79. The van der Waals surface area contributed by atoms with E-state index in [0.717, 1.165) is 21.9 Å². The summed E-state index contributed by atoms with van der Waals surface area (Å²) in [4.78, 5) is 26.0. The van der Waals surface area contributed by atoms with Crippen molar-refractivity contribution in [2.45, 2.75) is 13.8 Å². The van der Waals surface area contributed by atoms with Gasteiger partial charge in [0.2, 0.25) is 16.9 Å². The van der Waals surface area contributed by atoms with Gasteiger partial charge in [0.15, 0.2) is 12.4 Å². The molecule has 0 atom stereocenters. The van der Waals surface area contributed by atoms with Gasteiger partial charge in [0.25, 0.3) is 5.91 Å². The van der Waals surface area contributed by atoms with Crippen molar-refractivity contribution in [1.29, 1.82) is 0 Å². The van der Waals surface area contributed by atoms with Crippen molar-refractivity contribution < 1.29 is 18.4 Å². The molecule has 0 aliphatic carbocycles. The maximum Gasteiger partial charge on any atom is 0.262 e. The molecule has 0 aliphatic heterocycles. The maximum atomic E-state index is 13.3. The second-order valence-electron chi connectivity index (χ2n) is 7.86. The third-order valence-electron chi connectivity index (χ3n) is 5.62. The Morgan fingerprint density at radius 1 is 0.939 bits per heavy atom. The van der Waals surface area contributed by atoms with Crippen LogP contribution in [-0.4, -0.2) is 12.5 Å². The van der Waals surface area contributed by atoms with Crippen LogP contribution in [0.5, 0.6) is 5.75 Å². The van der Waals surface area contributed by atoms with Crippen LogP contribution >= 0.6 is 0 Å². The third-order valence-corrected chi connectivity index (χ3v) is 5.62. The van der Waals surface area contributed by atoms with E-state index in [1.165, 1.54) is 6.26 Å². The lowest BCUT2D eigenvalue weighted by molar-refractivity contribution is -0.118. The fraction of sp³-hybridized carbons (Fsp3) is 0.111. The first-order chi connectivity index (χ1) is 16.0. The van der Waals surface area contributed by atoms with Crippen molar-refractivity contribution in [3.8, 4) is 17.3 Å². The molecule has 0 spiro atoms. The van der Waals surface area contributed by atoms with E-state index in [0.29, 0.717) is 22.4 Å². The van der Waals surface area contributed by atoms with Crippen LogP contribution in [0.3, 0.4) is 0 Å². The van der Waals surface area contributed by atoms with Gasteiger partial charge in [0.05, 0.1) is 11.6 Å². The Bertz CT molecular complexity index is 1540. The molecule has 33 heavy (non-hydrogen) atoms. The topological polar surface area (TPSA) is 81.7 Å². The zero-order valence-corrected chi connectivity index (χ0v) is 18.2. The van der Waals surface area contributed by atoms with E-state index in [9.17, 15) is 9.59 Å². The number of ether oxygens (including phenoxy) is 1. The number of carbonyl (C=O) groups excluding carboxylic acids is 1. The van der Waals surface area contributed by atoms with Crippen LogP contribution in [0.15, 0.2) is 86.6 Å². The highest BCUT2D eigenvalue weighted by atomic mass is 16.5. The minimum absolute atomic E-state index is 0.0613. The smallest absolute Gasteiger partial charge is 0.262 e. The van der Waals surface area contributed by atoms with Gasteiger partial charge in [-0.1, -0.05) is 36.4 Å². The highest BCUT2D eigenvalue weighted by Gasteiger charge is 2.21. The quantitative estimate of drug-likeness (QED) is 0.372. The van der Waals surface area contributed by atoms with Crippen LogP contribution in [0.25, 0.3) is 33.3 Å². The van der Waals surface area contributed by atoms with Crippen LogP contribution < -0.4 is 15.5 Å². The van der Waals surface area contributed by atoms with Gasteiger partial charge >= 0.3 is 0 Å². The van der Waals surface area contributed by atoms with E-state index < -0.39 is 5.91 Å². The van der Waals surface area contributed by atoms with Gasteiger partial charge in [-0.25, -0.2) is 0 Å². The molecule has 5 rings (SSSR count). The SMILES string of the molecule is Cc1cc2oc(-c3ccco3)c(OCC(=O)Nc3cccc4ccccc34)c(=O)c2cc1C. The number of aryl methyl sites for hydroxylation is 2. The van der Waals surface area contributed by atoms with Crippen LogP contribution in [-0.2, 0) is 4.79 Å². The molecule has 0 saturated heterocycles. The van der Waals surface area contributed by atoms with E-state index in [1.807, 2.05) is 62.4 Å². The normalized spacial score (nSPS) is 11.1. The molecule has 2 aromatic heterocycles. The molecule has 2 heterocycles. The number of amides is 1. The predicted octanol–water partition coefficient (Wildman–Crippen LogP) is 5.84. The average molecular weight is 439 g/mol. The second-order valence-corrected chi connectivity index (χ2v) is 7.86. The van der Waals surface area contributed by atoms with Gasteiger partial charge in [-0.2, -0.15) is 0 Å². The summed E-state index contributed by atoms with van der Waals surface area (Å²) in [6.45, 7) is 3.51. The van der Waals surface area contributed by atoms with Gasteiger partial charge in [-0.05, 0) is 60.7 Å². The molecule has 1 N–H and O–H groups in total. The first-order valence-corrected chi connectivity index (χ1v) is 10.5. The number of anilines is 1. The molecular formula is C27H21NO5. The first-order valence-electron chi connectivity index (χ1n) is 10.5. The number of fused-ring (bicyclic) bond motifs is 2. The molecule has 164 valence electrons. The molecule has 0 bridgehead atoms. The first kappa shape index (κ1) is 20.6. The van der Waals surface area contributed by atoms with Crippen molar-refractivity contribution >= 4 is 33.3 Å². The maximum absolute atomic E-state index is 13.3. The zero-order chi connectivity index (χ0) is 22.9. The van der Waals surface area contributed by atoms with Crippen molar-refractivity contribution in [3.63, 3.8) is 0 Å². The summed E-state index contributed by atoms with van der Waals surface area (Å²) in [6.07, 6.45) is 1.48. The molecule has 1 amide bonds. The molecule has 5 aromatic rings. The summed E-state index contributed by atoms with van der Waals surface area (Å²) in [5.41, 5.74) is 2.70. The van der Waals surface area contributed by atoms with Crippen molar-refractivity contribution in [2.75, 3.05) is 11.9 Å². The van der Waals surface area contributed by atoms with Gasteiger partial charge in [0, 0.05) is 11.1 Å². The molecule has 0 unspecified atom stereocenters. The minimum atomic E-state index is -0.392. The Morgan fingerprint density at radius 2 is 1.73 bits per heavy atom. The largest absolute Gasteiger partial charge is 0.476 e. The molecule has 0 fully saturated rings. The van der Waals surface area contributed by atoms with E-state index in [-0.39, 0.29) is 23.5 Å². The summed E-state index contributed by atoms with van der Waals surface area (Å²) in [5, 5.41) is 5.18. The van der Waals surface area contributed by atoms with E-state index in [2.05, 4.69) is 5.32 Å². The van der Waals surface area contributed by atoms with Gasteiger partial charge in [0.1, 0.15) is 5.58 Å². The molecule has 6 heteroatoms. The lowest BCUT2D eigenvalue weighted by atomic mass is 10.1. The van der Waals surface area contributed by atoms with Gasteiger partial charge in [-0.3, -0.25) is 9.59 Å². The van der Waals surface area contributed by atoms with Gasteiger partial charge in [-0.15, -0.1) is 0 Å². The van der Waals surface area contributed by atoms with E-state index in [4.69, 9.17) is 13.6 Å². The number of furan rings is 1. The fourth-order valence-corrected chi connectivity index (χ4v) is 3.79. The lowest BCUT2D eigenvalue weighted by Gasteiger charge is -2.12. The zero-order valence-electron chi connectivity index (χ0n) is 18.2. The number of carbonyl (C=O) groups is 1. The van der Waals surface area contributed by atoms with E-state index >= 15 is 0 Å². The number of rotatable bonds is 5. The summed E-state index contributed by atoms with van der Waals surface area (Å²) in [6, 6.07) is 20.4. The lowest BCUT2D eigenvalue weighted by Crippen LogP contribution is -2.22. The number of nitrogens with one attached hydrogen (secondary N) is 1. The molecule has 0 radical (unpaired) electrons. The van der Waals surface area contributed by atoms with E-state index in [1.54, 1.807) is 18.2 Å². The van der Waals surface area contributed by atoms with Gasteiger partial charge < -0.3 is 18.9 Å². The second kappa shape index (κ2) is 8.31. The molecular weight excluding hydrogens is 418 g/mol. The monoisotopic (exact) mass is 439 g/mol. The Labute approximate surface area is 189 Å². The number of hydrogen-bond donors (Lipinski definition) is 1. The van der Waals surface area contributed by atoms with Crippen LogP contribution in [0.2, 0.25) is 0 Å². The summed E-state index contributed by atoms with van der Waals surface area (Å²) < 4.78 is 17.2. The number of hydrogen-bond acceptors (Lipinski definition) is 5. The highest BCUT2D eigenvalue weighted by Crippen LogP contribution is 2.32. The van der Waals surface area contributed by atoms with Crippen LogP contribution in [0.1, 0.15) is 11.1 Å². The summed E-state index contributed by atoms with van der Waals surface area (Å²) >= 11 is 0. The Kier molecular flexibility index (Phi) is 5.18. The molecule has 0 aliphatic rings. The third kappa shape index (κ3) is 3.87. The van der Waals surface area contributed by atoms with Crippen molar-refractivity contribution in [2.24, 2.45) is 0 Å². The average Bonchev–Trinajstić information content (AvgIpc) is 3.35. The molecule has 3 aromatic carbocycles.